The number of para-hydroxylation sites is 1. The summed E-state index contributed by atoms with van der Waals surface area (Å²) in [6.07, 6.45) is 3.31. The Kier molecular flexibility index (Phi) is 4.42. The molecule has 5 heteroatoms. The van der Waals surface area contributed by atoms with E-state index in [1.165, 1.54) is 18.5 Å². The lowest BCUT2D eigenvalue weighted by atomic mass is 10.2. The number of aromatic amines is 1. The Balaban J connectivity index is 1.39. The molecule has 116 valence electrons. The van der Waals surface area contributed by atoms with Gasteiger partial charge in [0.2, 0.25) is 0 Å². The molecule has 1 fully saturated rings. The zero-order chi connectivity index (χ0) is 15.4. The van der Waals surface area contributed by atoms with E-state index in [2.05, 4.69) is 39.6 Å². The third-order valence-corrected chi connectivity index (χ3v) is 4.00. The summed E-state index contributed by atoms with van der Waals surface area (Å²) in [5, 5.41) is 9.98. The van der Waals surface area contributed by atoms with Crippen molar-refractivity contribution < 1.29 is 4.79 Å². The fourth-order valence-corrected chi connectivity index (χ4v) is 2.48. The predicted molar refractivity (Wildman–Crippen MR) is 87.2 cm³/mol. The van der Waals surface area contributed by atoms with Gasteiger partial charge >= 0.3 is 0 Å². The van der Waals surface area contributed by atoms with Gasteiger partial charge in [0.15, 0.2) is 0 Å². The van der Waals surface area contributed by atoms with Crippen LogP contribution in [-0.2, 0) is 0 Å². The van der Waals surface area contributed by atoms with E-state index in [-0.39, 0.29) is 5.91 Å². The van der Waals surface area contributed by atoms with E-state index in [0.717, 1.165) is 18.7 Å². The maximum atomic E-state index is 12.0. The first-order valence-electron chi connectivity index (χ1n) is 7.84. The van der Waals surface area contributed by atoms with Crippen LogP contribution in [0.25, 0.3) is 0 Å². The van der Waals surface area contributed by atoms with Crippen molar-refractivity contribution in [3.63, 3.8) is 0 Å². The largest absolute Gasteiger partial charge is 0.375 e. The van der Waals surface area contributed by atoms with Gasteiger partial charge in [-0.2, -0.15) is 5.10 Å². The van der Waals surface area contributed by atoms with Crippen LogP contribution >= 0.6 is 0 Å². The molecule has 3 rings (SSSR count). The molecule has 2 N–H and O–H groups in total. The van der Waals surface area contributed by atoms with Gasteiger partial charge in [0.25, 0.3) is 5.91 Å². The van der Waals surface area contributed by atoms with E-state index in [1.807, 2.05) is 24.3 Å². The molecular formula is C17H22N4O. The second-order valence-corrected chi connectivity index (χ2v) is 5.85. The number of carbonyl (C=O) groups excluding carboxylic acids is 1. The second kappa shape index (κ2) is 6.64. The Labute approximate surface area is 130 Å². The zero-order valence-corrected chi connectivity index (χ0v) is 12.9. The first-order valence-corrected chi connectivity index (χ1v) is 7.84. The molecule has 1 heterocycles. The summed E-state index contributed by atoms with van der Waals surface area (Å²) in [5.41, 5.74) is 2.78. The molecule has 0 aliphatic heterocycles. The molecule has 0 saturated heterocycles. The van der Waals surface area contributed by atoms with Crippen LogP contribution in [0.5, 0.6) is 0 Å². The van der Waals surface area contributed by atoms with Gasteiger partial charge < -0.3 is 10.2 Å². The van der Waals surface area contributed by atoms with Gasteiger partial charge in [-0.25, -0.2) is 0 Å². The normalized spacial score (nSPS) is 13.9. The maximum Gasteiger partial charge on any atom is 0.271 e. The molecule has 1 aromatic carbocycles. The van der Waals surface area contributed by atoms with Crippen LogP contribution in [0.4, 0.5) is 5.69 Å². The molecule has 0 unspecified atom stereocenters. The number of benzene rings is 1. The van der Waals surface area contributed by atoms with Gasteiger partial charge in [0.1, 0.15) is 5.69 Å². The minimum Gasteiger partial charge on any atom is -0.375 e. The van der Waals surface area contributed by atoms with Crippen LogP contribution in [0.2, 0.25) is 0 Å². The molecule has 1 aliphatic rings. The van der Waals surface area contributed by atoms with Crippen LogP contribution in [0.1, 0.15) is 41.4 Å². The summed E-state index contributed by atoms with van der Waals surface area (Å²) in [4.78, 5) is 14.2. The SMILES string of the molecule is CN(CCCNC(=O)c1cc(C2CC2)[nH]n1)c1ccccc1. The number of nitrogens with zero attached hydrogens (tertiary/aromatic N) is 2. The van der Waals surface area contributed by atoms with Gasteiger partial charge in [-0.3, -0.25) is 9.89 Å². The molecule has 2 aromatic rings. The van der Waals surface area contributed by atoms with Gasteiger partial charge in [0, 0.05) is 37.4 Å². The molecule has 1 aliphatic carbocycles. The quantitative estimate of drug-likeness (QED) is 0.772. The minimum atomic E-state index is -0.0921. The highest BCUT2D eigenvalue weighted by Crippen LogP contribution is 2.38. The maximum absolute atomic E-state index is 12.0. The lowest BCUT2D eigenvalue weighted by Gasteiger charge is -2.19. The number of aromatic nitrogens is 2. The van der Waals surface area contributed by atoms with E-state index in [1.54, 1.807) is 0 Å². The molecule has 0 radical (unpaired) electrons. The molecule has 1 aromatic heterocycles. The van der Waals surface area contributed by atoms with Crippen molar-refractivity contribution in [1.29, 1.82) is 0 Å². The summed E-state index contributed by atoms with van der Waals surface area (Å²) in [5.74, 6) is 0.499. The Morgan fingerprint density at radius 2 is 2.14 bits per heavy atom. The van der Waals surface area contributed by atoms with E-state index in [9.17, 15) is 4.79 Å². The molecule has 1 amide bonds. The molecular weight excluding hydrogens is 276 g/mol. The summed E-state index contributed by atoms with van der Waals surface area (Å²) >= 11 is 0. The lowest BCUT2D eigenvalue weighted by Crippen LogP contribution is -2.28. The Bertz CT molecular complexity index is 619. The van der Waals surface area contributed by atoms with Crippen LogP contribution in [0.3, 0.4) is 0 Å². The average molecular weight is 298 g/mol. The van der Waals surface area contributed by atoms with E-state index < -0.39 is 0 Å². The third kappa shape index (κ3) is 3.67. The van der Waals surface area contributed by atoms with Gasteiger partial charge in [0.05, 0.1) is 0 Å². The van der Waals surface area contributed by atoms with Gasteiger partial charge in [-0.15, -0.1) is 0 Å². The zero-order valence-electron chi connectivity index (χ0n) is 12.9. The van der Waals surface area contributed by atoms with Crippen molar-refractivity contribution in [2.75, 3.05) is 25.0 Å². The van der Waals surface area contributed by atoms with Gasteiger partial charge in [-0.05, 0) is 37.5 Å². The Morgan fingerprint density at radius 1 is 1.36 bits per heavy atom. The van der Waals surface area contributed by atoms with Crippen LogP contribution < -0.4 is 10.2 Å². The summed E-state index contributed by atoms with van der Waals surface area (Å²) < 4.78 is 0. The molecule has 0 atom stereocenters. The molecule has 1 saturated carbocycles. The summed E-state index contributed by atoms with van der Waals surface area (Å²) in [6, 6.07) is 12.1. The van der Waals surface area contributed by atoms with E-state index in [0.29, 0.717) is 18.2 Å². The summed E-state index contributed by atoms with van der Waals surface area (Å²) in [6.45, 7) is 1.56. The number of H-pyrrole nitrogens is 1. The standard InChI is InChI=1S/C17H22N4O/c1-21(14-6-3-2-4-7-14)11-5-10-18-17(22)16-12-15(19-20-16)13-8-9-13/h2-4,6-7,12-13H,5,8-11H2,1H3,(H,18,22)(H,19,20). The van der Waals surface area contributed by atoms with Crippen LogP contribution in [0.15, 0.2) is 36.4 Å². The average Bonchev–Trinajstić information content (AvgIpc) is 3.29. The molecule has 0 bridgehead atoms. The van der Waals surface area contributed by atoms with Crippen molar-refractivity contribution in [1.82, 2.24) is 15.5 Å². The monoisotopic (exact) mass is 298 g/mol. The highest BCUT2D eigenvalue weighted by molar-refractivity contribution is 5.92. The lowest BCUT2D eigenvalue weighted by molar-refractivity contribution is 0.0948. The number of rotatable bonds is 7. The van der Waals surface area contributed by atoms with Crippen LogP contribution in [0, 0.1) is 0 Å². The summed E-state index contributed by atoms with van der Waals surface area (Å²) in [7, 11) is 2.06. The number of nitrogens with one attached hydrogen (secondary N) is 2. The van der Waals surface area contributed by atoms with Crippen LogP contribution in [-0.4, -0.2) is 36.2 Å². The number of hydrogen-bond acceptors (Lipinski definition) is 3. The molecule has 0 spiro atoms. The Hall–Kier alpha value is -2.30. The fourth-order valence-electron chi connectivity index (χ4n) is 2.48. The first kappa shape index (κ1) is 14.6. The van der Waals surface area contributed by atoms with Crippen molar-refractivity contribution in [2.24, 2.45) is 0 Å². The number of anilines is 1. The van der Waals surface area contributed by atoms with Crippen molar-refractivity contribution in [2.45, 2.75) is 25.2 Å². The number of carbonyl (C=O) groups is 1. The third-order valence-electron chi connectivity index (χ3n) is 4.00. The highest BCUT2D eigenvalue weighted by atomic mass is 16.1. The number of amides is 1. The van der Waals surface area contributed by atoms with E-state index >= 15 is 0 Å². The topological polar surface area (TPSA) is 61.0 Å². The Morgan fingerprint density at radius 3 is 2.86 bits per heavy atom. The fraction of sp³-hybridized carbons (Fsp3) is 0.412. The minimum absolute atomic E-state index is 0.0921. The predicted octanol–water partition coefficient (Wildman–Crippen LogP) is 2.54. The van der Waals surface area contributed by atoms with Crippen molar-refractivity contribution >= 4 is 11.6 Å². The molecule has 22 heavy (non-hydrogen) atoms. The smallest absolute Gasteiger partial charge is 0.271 e. The molecule has 5 nitrogen and oxygen atoms in total. The number of hydrogen-bond donors (Lipinski definition) is 2. The van der Waals surface area contributed by atoms with Gasteiger partial charge in [-0.1, -0.05) is 18.2 Å². The second-order valence-electron chi connectivity index (χ2n) is 5.85. The van der Waals surface area contributed by atoms with E-state index in [4.69, 9.17) is 0 Å². The van der Waals surface area contributed by atoms with Crippen molar-refractivity contribution in [3.05, 3.63) is 47.8 Å². The highest BCUT2D eigenvalue weighted by Gasteiger charge is 2.26. The van der Waals surface area contributed by atoms with Crippen molar-refractivity contribution in [3.8, 4) is 0 Å². The first-order chi connectivity index (χ1) is 10.7.